The van der Waals surface area contributed by atoms with E-state index in [9.17, 15) is 5.11 Å². The summed E-state index contributed by atoms with van der Waals surface area (Å²) in [5.41, 5.74) is 3.72. The number of hydrogen-bond acceptors (Lipinski definition) is 3. The van der Waals surface area contributed by atoms with E-state index in [0.29, 0.717) is 12.4 Å². The first-order chi connectivity index (χ1) is 9.33. The monoisotopic (exact) mass is 255 g/mol. The number of anilines is 1. The van der Waals surface area contributed by atoms with E-state index in [2.05, 4.69) is 23.5 Å². The van der Waals surface area contributed by atoms with Crippen LogP contribution in [0.1, 0.15) is 17.5 Å². The van der Waals surface area contributed by atoms with Crippen molar-refractivity contribution in [3.05, 3.63) is 53.6 Å². The van der Waals surface area contributed by atoms with Crippen LogP contribution in [0.25, 0.3) is 0 Å². The van der Waals surface area contributed by atoms with E-state index in [0.717, 1.165) is 18.5 Å². The van der Waals surface area contributed by atoms with Crippen molar-refractivity contribution in [1.29, 1.82) is 0 Å². The second-order valence-electron chi connectivity index (χ2n) is 4.78. The molecule has 0 radical (unpaired) electrons. The van der Waals surface area contributed by atoms with Gasteiger partial charge in [0.05, 0.1) is 0 Å². The molecule has 3 nitrogen and oxygen atoms in total. The molecule has 0 aromatic heterocycles. The number of para-hydroxylation sites is 2. The topological polar surface area (TPSA) is 41.5 Å². The van der Waals surface area contributed by atoms with Gasteiger partial charge in [0.25, 0.3) is 0 Å². The van der Waals surface area contributed by atoms with Crippen LogP contribution in [0, 0.1) is 0 Å². The second-order valence-corrected chi connectivity index (χ2v) is 4.78. The van der Waals surface area contributed by atoms with Gasteiger partial charge >= 0.3 is 0 Å². The maximum atomic E-state index is 9.65. The standard InChI is InChI=1S/C16H17NO2/c18-15-5-1-2-6-16(15)19-11-12-7-8-14-13(10-12)4-3-9-17-14/h1-2,5-8,10,17-18H,3-4,9,11H2. The number of phenols is 1. The number of benzene rings is 2. The highest BCUT2D eigenvalue weighted by molar-refractivity contribution is 5.54. The van der Waals surface area contributed by atoms with E-state index in [1.165, 1.54) is 17.7 Å². The van der Waals surface area contributed by atoms with Gasteiger partial charge in [0.1, 0.15) is 6.61 Å². The van der Waals surface area contributed by atoms with Gasteiger partial charge in [-0.3, -0.25) is 0 Å². The Kier molecular flexibility index (Phi) is 3.27. The number of rotatable bonds is 3. The molecule has 98 valence electrons. The molecule has 0 spiro atoms. The normalized spacial score (nSPS) is 13.5. The van der Waals surface area contributed by atoms with Crippen molar-refractivity contribution >= 4 is 5.69 Å². The van der Waals surface area contributed by atoms with E-state index < -0.39 is 0 Å². The number of hydrogen-bond donors (Lipinski definition) is 2. The van der Waals surface area contributed by atoms with Crippen molar-refractivity contribution in [2.24, 2.45) is 0 Å². The maximum absolute atomic E-state index is 9.65. The number of aromatic hydroxyl groups is 1. The van der Waals surface area contributed by atoms with Crippen molar-refractivity contribution in [3.8, 4) is 11.5 Å². The Hall–Kier alpha value is -2.16. The van der Waals surface area contributed by atoms with Crippen molar-refractivity contribution in [1.82, 2.24) is 0 Å². The Labute approximate surface area is 112 Å². The lowest BCUT2D eigenvalue weighted by molar-refractivity contribution is 0.289. The summed E-state index contributed by atoms with van der Waals surface area (Å²) in [6.07, 6.45) is 2.30. The van der Waals surface area contributed by atoms with Gasteiger partial charge in [-0.25, -0.2) is 0 Å². The van der Waals surface area contributed by atoms with Crippen LogP contribution in [-0.2, 0) is 13.0 Å². The van der Waals surface area contributed by atoms with Crippen LogP contribution in [0.3, 0.4) is 0 Å². The van der Waals surface area contributed by atoms with Crippen molar-refractivity contribution in [2.75, 3.05) is 11.9 Å². The summed E-state index contributed by atoms with van der Waals surface area (Å²) >= 11 is 0. The molecule has 0 fully saturated rings. The van der Waals surface area contributed by atoms with Gasteiger partial charge in [-0.05, 0) is 42.2 Å². The number of fused-ring (bicyclic) bond motifs is 1. The minimum Gasteiger partial charge on any atom is -0.504 e. The average molecular weight is 255 g/mol. The summed E-state index contributed by atoms with van der Waals surface area (Å²) in [6.45, 7) is 1.53. The van der Waals surface area contributed by atoms with E-state index >= 15 is 0 Å². The van der Waals surface area contributed by atoms with Crippen LogP contribution in [0.4, 0.5) is 5.69 Å². The third-order valence-electron chi connectivity index (χ3n) is 3.37. The van der Waals surface area contributed by atoms with Crippen LogP contribution < -0.4 is 10.1 Å². The molecule has 3 rings (SSSR count). The number of ether oxygens (including phenoxy) is 1. The molecule has 0 amide bonds. The maximum Gasteiger partial charge on any atom is 0.161 e. The van der Waals surface area contributed by atoms with Gasteiger partial charge in [0, 0.05) is 12.2 Å². The lowest BCUT2D eigenvalue weighted by Crippen LogP contribution is -2.12. The number of phenolic OH excluding ortho intramolecular Hbond substituents is 1. The Morgan fingerprint density at radius 2 is 2.05 bits per heavy atom. The summed E-state index contributed by atoms with van der Waals surface area (Å²) in [4.78, 5) is 0. The Morgan fingerprint density at radius 1 is 1.16 bits per heavy atom. The smallest absolute Gasteiger partial charge is 0.161 e. The van der Waals surface area contributed by atoms with Crippen LogP contribution in [0.5, 0.6) is 11.5 Å². The fraction of sp³-hybridized carbons (Fsp3) is 0.250. The molecule has 3 heteroatoms. The molecule has 19 heavy (non-hydrogen) atoms. The highest BCUT2D eigenvalue weighted by Gasteiger charge is 2.09. The van der Waals surface area contributed by atoms with Gasteiger partial charge in [0.15, 0.2) is 11.5 Å². The zero-order valence-electron chi connectivity index (χ0n) is 10.7. The molecule has 1 aliphatic rings. The molecule has 0 saturated heterocycles. The molecule has 0 atom stereocenters. The molecule has 2 aromatic carbocycles. The minimum absolute atomic E-state index is 0.183. The summed E-state index contributed by atoms with van der Waals surface area (Å²) in [6, 6.07) is 13.4. The zero-order chi connectivity index (χ0) is 13.1. The third-order valence-corrected chi connectivity index (χ3v) is 3.37. The van der Waals surface area contributed by atoms with Gasteiger partial charge in [0.2, 0.25) is 0 Å². The van der Waals surface area contributed by atoms with Gasteiger partial charge in [-0.2, -0.15) is 0 Å². The van der Waals surface area contributed by atoms with E-state index in [1.807, 2.05) is 6.07 Å². The van der Waals surface area contributed by atoms with Gasteiger partial charge < -0.3 is 15.2 Å². The predicted molar refractivity (Wildman–Crippen MR) is 75.7 cm³/mol. The molecule has 1 aliphatic heterocycles. The van der Waals surface area contributed by atoms with Crippen LogP contribution in [0.15, 0.2) is 42.5 Å². The first kappa shape index (κ1) is 11.9. The van der Waals surface area contributed by atoms with Crippen LogP contribution in [-0.4, -0.2) is 11.7 Å². The fourth-order valence-electron chi connectivity index (χ4n) is 2.36. The largest absolute Gasteiger partial charge is 0.504 e. The first-order valence-electron chi connectivity index (χ1n) is 6.59. The number of aryl methyl sites for hydroxylation is 1. The minimum atomic E-state index is 0.183. The SMILES string of the molecule is Oc1ccccc1OCc1ccc2c(c1)CCCN2. The molecule has 0 unspecified atom stereocenters. The molecule has 2 N–H and O–H groups in total. The molecular weight excluding hydrogens is 238 g/mol. The molecular formula is C16H17NO2. The third kappa shape index (κ3) is 2.65. The van der Waals surface area contributed by atoms with E-state index in [1.54, 1.807) is 18.2 Å². The van der Waals surface area contributed by atoms with Crippen molar-refractivity contribution in [2.45, 2.75) is 19.4 Å². The van der Waals surface area contributed by atoms with Crippen LogP contribution in [0.2, 0.25) is 0 Å². The highest BCUT2D eigenvalue weighted by Crippen LogP contribution is 2.27. The van der Waals surface area contributed by atoms with Gasteiger partial charge in [-0.1, -0.05) is 24.3 Å². The summed E-state index contributed by atoms with van der Waals surface area (Å²) < 4.78 is 5.64. The van der Waals surface area contributed by atoms with E-state index in [-0.39, 0.29) is 5.75 Å². The summed E-state index contributed by atoms with van der Waals surface area (Å²) in [7, 11) is 0. The fourth-order valence-corrected chi connectivity index (χ4v) is 2.36. The molecule has 1 heterocycles. The summed E-state index contributed by atoms with van der Waals surface area (Å²) in [5.74, 6) is 0.709. The predicted octanol–water partition coefficient (Wildman–Crippen LogP) is 3.33. The Balaban J connectivity index is 1.72. The lowest BCUT2D eigenvalue weighted by Gasteiger charge is -2.18. The zero-order valence-corrected chi connectivity index (χ0v) is 10.7. The summed E-state index contributed by atoms with van der Waals surface area (Å²) in [5, 5.41) is 13.0. The molecule has 0 saturated carbocycles. The van der Waals surface area contributed by atoms with Gasteiger partial charge in [-0.15, -0.1) is 0 Å². The lowest BCUT2D eigenvalue weighted by atomic mass is 10.0. The second kappa shape index (κ2) is 5.22. The first-order valence-corrected chi connectivity index (χ1v) is 6.59. The number of nitrogens with one attached hydrogen (secondary N) is 1. The quantitative estimate of drug-likeness (QED) is 0.884. The molecule has 0 bridgehead atoms. The highest BCUT2D eigenvalue weighted by atomic mass is 16.5. The van der Waals surface area contributed by atoms with Crippen molar-refractivity contribution in [3.63, 3.8) is 0 Å². The molecule has 0 aliphatic carbocycles. The van der Waals surface area contributed by atoms with E-state index in [4.69, 9.17) is 4.74 Å². The Bertz CT molecular complexity index is 581. The van der Waals surface area contributed by atoms with Crippen molar-refractivity contribution < 1.29 is 9.84 Å². The van der Waals surface area contributed by atoms with Crippen LogP contribution >= 0.6 is 0 Å². The Morgan fingerprint density at radius 3 is 2.95 bits per heavy atom. The molecule has 2 aromatic rings. The average Bonchev–Trinajstić information content (AvgIpc) is 2.46.